The molecule has 0 radical (unpaired) electrons. The van der Waals surface area contributed by atoms with Gasteiger partial charge in [0.15, 0.2) is 0 Å². The van der Waals surface area contributed by atoms with Gasteiger partial charge in [-0.15, -0.1) is 0 Å². The summed E-state index contributed by atoms with van der Waals surface area (Å²) < 4.78 is 0. The summed E-state index contributed by atoms with van der Waals surface area (Å²) in [6, 6.07) is 10.0. The van der Waals surface area contributed by atoms with Crippen LogP contribution in [0.4, 0.5) is 5.69 Å². The lowest BCUT2D eigenvalue weighted by Crippen LogP contribution is -2.23. The topological polar surface area (TPSA) is 71.1 Å². The Morgan fingerprint density at radius 3 is 2.57 bits per heavy atom. The lowest BCUT2D eigenvalue weighted by molar-refractivity contribution is -0.114. The molecule has 0 saturated carbocycles. The number of anilines is 1. The van der Waals surface area contributed by atoms with Gasteiger partial charge in [-0.25, -0.2) is 0 Å². The van der Waals surface area contributed by atoms with Crippen molar-refractivity contribution in [2.45, 2.75) is 13.5 Å². The van der Waals surface area contributed by atoms with Gasteiger partial charge in [-0.2, -0.15) is 0 Å². The second-order valence-corrected chi connectivity index (χ2v) is 4.84. The molecule has 5 nitrogen and oxygen atoms in total. The molecule has 21 heavy (non-hydrogen) atoms. The highest BCUT2D eigenvalue weighted by molar-refractivity contribution is 6.30. The van der Waals surface area contributed by atoms with Crippen molar-refractivity contribution in [3.05, 3.63) is 58.9 Å². The van der Waals surface area contributed by atoms with Crippen molar-refractivity contribution in [2.75, 3.05) is 5.32 Å². The summed E-state index contributed by atoms with van der Waals surface area (Å²) in [4.78, 5) is 27.1. The van der Waals surface area contributed by atoms with Crippen LogP contribution in [0.5, 0.6) is 0 Å². The predicted octanol–water partition coefficient (Wildman–Crippen LogP) is 2.62. The van der Waals surface area contributed by atoms with Gasteiger partial charge in [0.25, 0.3) is 5.91 Å². The monoisotopic (exact) mass is 303 g/mol. The Morgan fingerprint density at radius 1 is 1.19 bits per heavy atom. The second-order valence-electron chi connectivity index (χ2n) is 4.41. The van der Waals surface area contributed by atoms with E-state index in [1.807, 2.05) is 0 Å². The molecule has 108 valence electrons. The molecule has 0 spiro atoms. The van der Waals surface area contributed by atoms with E-state index in [0.717, 1.165) is 0 Å². The summed E-state index contributed by atoms with van der Waals surface area (Å²) >= 11 is 5.77. The van der Waals surface area contributed by atoms with Gasteiger partial charge in [-0.1, -0.05) is 11.6 Å². The molecule has 0 bridgehead atoms. The van der Waals surface area contributed by atoms with Crippen LogP contribution in [0.15, 0.2) is 42.6 Å². The van der Waals surface area contributed by atoms with Gasteiger partial charge in [0, 0.05) is 29.4 Å². The molecule has 2 amide bonds. The van der Waals surface area contributed by atoms with Crippen molar-refractivity contribution in [3.63, 3.8) is 0 Å². The van der Waals surface area contributed by atoms with Crippen molar-refractivity contribution in [1.29, 1.82) is 0 Å². The standard InChI is InChI=1S/C15H14ClN3O2/c1-10(20)19-13-6-7-17-14(8-13)9-18-15(21)11-2-4-12(16)5-3-11/h2-8H,9H2,1H3,(H,18,21)(H,17,19,20). The van der Waals surface area contributed by atoms with Crippen molar-refractivity contribution in [3.8, 4) is 0 Å². The van der Waals surface area contributed by atoms with Crippen LogP contribution in [0.3, 0.4) is 0 Å². The molecule has 1 aromatic carbocycles. The lowest BCUT2D eigenvalue weighted by Gasteiger charge is -2.07. The fraction of sp³-hybridized carbons (Fsp3) is 0.133. The molecule has 0 aliphatic heterocycles. The highest BCUT2D eigenvalue weighted by atomic mass is 35.5. The third kappa shape index (κ3) is 4.57. The summed E-state index contributed by atoms with van der Waals surface area (Å²) in [5.41, 5.74) is 1.83. The lowest BCUT2D eigenvalue weighted by atomic mass is 10.2. The molecule has 1 aromatic heterocycles. The second kappa shape index (κ2) is 6.85. The Kier molecular flexibility index (Phi) is 4.90. The van der Waals surface area contributed by atoms with E-state index < -0.39 is 0 Å². The number of carbonyl (C=O) groups excluding carboxylic acids is 2. The van der Waals surface area contributed by atoms with Gasteiger partial charge in [0.05, 0.1) is 12.2 Å². The van der Waals surface area contributed by atoms with E-state index in [4.69, 9.17) is 11.6 Å². The Labute approximate surface area is 127 Å². The van der Waals surface area contributed by atoms with Crippen LogP contribution in [-0.4, -0.2) is 16.8 Å². The highest BCUT2D eigenvalue weighted by Gasteiger charge is 2.06. The highest BCUT2D eigenvalue weighted by Crippen LogP contribution is 2.10. The quantitative estimate of drug-likeness (QED) is 0.912. The van der Waals surface area contributed by atoms with E-state index >= 15 is 0 Å². The molecule has 0 aliphatic carbocycles. The van der Waals surface area contributed by atoms with Gasteiger partial charge in [-0.05, 0) is 36.4 Å². The minimum absolute atomic E-state index is 0.155. The normalized spacial score (nSPS) is 10.0. The first-order chi connectivity index (χ1) is 10.0. The van der Waals surface area contributed by atoms with Gasteiger partial charge < -0.3 is 10.6 Å². The van der Waals surface area contributed by atoms with Gasteiger partial charge in [-0.3, -0.25) is 14.6 Å². The van der Waals surface area contributed by atoms with E-state index in [1.165, 1.54) is 6.92 Å². The number of hydrogen-bond acceptors (Lipinski definition) is 3. The average Bonchev–Trinajstić information content (AvgIpc) is 2.45. The van der Waals surface area contributed by atoms with Crippen LogP contribution in [0.1, 0.15) is 23.0 Å². The first kappa shape index (κ1) is 15.0. The molecule has 0 aliphatic rings. The molecule has 0 atom stereocenters. The molecule has 0 fully saturated rings. The fourth-order valence-electron chi connectivity index (χ4n) is 1.73. The average molecular weight is 304 g/mol. The number of carbonyl (C=O) groups is 2. The van der Waals surface area contributed by atoms with Crippen molar-refractivity contribution < 1.29 is 9.59 Å². The van der Waals surface area contributed by atoms with Gasteiger partial charge >= 0.3 is 0 Å². The molecule has 0 unspecified atom stereocenters. The Balaban J connectivity index is 1.97. The van der Waals surface area contributed by atoms with Crippen LogP contribution in [0.25, 0.3) is 0 Å². The van der Waals surface area contributed by atoms with Gasteiger partial charge in [0.1, 0.15) is 0 Å². The smallest absolute Gasteiger partial charge is 0.251 e. The SMILES string of the molecule is CC(=O)Nc1ccnc(CNC(=O)c2ccc(Cl)cc2)c1. The number of rotatable bonds is 4. The van der Waals surface area contributed by atoms with E-state index in [-0.39, 0.29) is 18.4 Å². The Bertz CT molecular complexity index is 656. The molecule has 2 aromatic rings. The number of pyridine rings is 1. The number of aromatic nitrogens is 1. The van der Waals surface area contributed by atoms with Crippen LogP contribution in [-0.2, 0) is 11.3 Å². The molecule has 1 heterocycles. The summed E-state index contributed by atoms with van der Waals surface area (Å²) in [7, 11) is 0. The summed E-state index contributed by atoms with van der Waals surface area (Å²) in [6.07, 6.45) is 1.58. The molecular weight excluding hydrogens is 290 g/mol. The number of hydrogen-bond donors (Lipinski definition) is 2. The fourth-order valence-corrected chi connectivity index (χ4v) is 1.86. The summed E-state index contributed by atoms with van der Waals surface area (Å²) in [5, 5.41) is 6.00. The zero-order chi connectivity index (χ0) is 15.2. The van der Waals surface area contributed by atoms with Crippen molar-refractivity contribution >= 4 is 29.1 Å². The first-order valence-corrected chi connectivity index (χ1v) is 6.68. The van der Waals surface area contributed by atoms with Crippen LogP contribution >= 0.6 is 11.6 Å². The third-order valence-electron chi connectivity index (χ3n) is 2.67. The maximum atomic E-state index is 11.9. The molecule has 2 rings (SSSR count). The maximum absolute atomic E-state index is 11.9. The van der Waals surface area contributed by atoms with Crippen molar-refractivity contribution in [1.82, 2.24) is 10.3 Å². The number of nitrogens with one attached hydrogen (secondary N) is 2. The number of halogens is 1. The number of amides is 2. The zero-order valence-corrected chi connectivity index (χ0v) is 12.1. The van der Waals surface area contributed by atoms with Crippen LogP contribution < -0.4 is 10.6 Å². The minimum Gasteiger partial charge on any atom is -0.346 e. The van der Waals surface area contributed by atoms with E-state index in [0.29, 0.717) is 22.0 Å². The van der Waals surface area contributed by atoms with E-state index in [1.54, 1.807) is 42.6 Å². The summed E-state index contributed by atoms with van der Waals surface area (Å²) in [5.74, 6) is -0.365. The molecular formula is C15H14ClN3O2. The van der Waals surface area contributed by atoms with Crippen molar-refractivity contribution in [2.24, 2.45) is 0 Å². The Morgan fingerprint density at radius 2 is 1.90 bits per heavy atom. The Hall–Kier alpha value is -2.40. The zero-order valence-electron chi connectivity index (χ0n) is 11.4. The van der Waals surface area contributed by atoms with E-state index in [9.17, 15) is 9.59 Å². The van der Waals surface area contributed by atoms with Crippen LogP contribution in [0.2, 0.25) is 5.02 Å². The van der Waals surface area contributed by atoms with Crippen LogP contribution in [0, 0.1) is 0 Å². The third-order valence-corrected chi connectivity index (χ3v) is 2.93. The number of benzene rings is 1. The first-order valence-electron chi connectivity index (χ1n) is 6.31. The van der Waals surface area contributed by atoms with Gasteiger partial charge in [0.2, 0.25) is 5.91 Å². The largest absolute Gasteiger partial charge is 0.346 e. The van der Waals surface area contributed by atoms with E-state index in [2.05, 4.69) is 15.6 Å². The molecule has 2 N–H and O–H groups in total. The molecule has 0 saturated heterocycles. The molecule has 6 heteroatoms. The minimum atomic E-state index is -0.210. The predicted molar refractivity (Wildman–Crippen MR) is 81.2 cm³/mol. The summed E-state index contributed by atoms with van der Waals surface area (Å²) in [6.45, 7) is 1.71. The maximum Gasteiger partial charge on any atom is 0.251 e. The number of nitrogens with zero attached hydrogens (tertiary/aromatic N) is 1.